The molecule has 0 amide bonds. The molecule has 8 heteroatoms. The van der Waals surface area contributed by atoms with Crippen LogP contribution in [-0.4, -0.2) is 41.9 Å². The van der Waals surface area contributed by atoms with Crippen LogP contribution in [0.2, 0.25) is 0 Å². The van der Waals surface area contributed by atoms with Crippen molar-refractivity contribution >= 4 is 5.97 Å². The summed E-state index contributed by atoms with van der Waals surface area (Å²) in [5.41, 5.74) is -0.519. The van der Waals surface area contributed by atoms with Crippen molar-refractivity contribution in [3.63, 3.8) is 0 Å². The second-order valence-electron chi connectivity index (χ2n) is 8.04. The average Bonchev–Trinajstić information content (AvgIpc) is 3.22. The SMILES string of the molecule is COCCCCCCCCCCCC(=O)OC[C@@H]1C=C[C@H](n2cc(C)c(=O)[nH]c2=O)O1. The van der Waals surface area contributed by atoms with E-state index >= 15 is 0 Å². The van der Waals surface area contributed by atoms with E-state index in [1.165, 1.54) is 42.9 Å². The maximum absolute atomic E-state index is 11.9. The number of carbonyl (C=O) groups excluding carboxylic acids is 1. The molecule has 0 aromatic carbocycles. The molecule has 0 saturated carbocycles. The van der Waals surface area contributed by atoms with E-state index in [4.69, 9.17) is 14.2 Å². The summed E-state index contributed by atoms with van der Waals surface area (Å²) in [4.78, 5) is 37.6. The molecule has 1 aliphatic heterocycles. The van der Waals surface area contributed by atoms with Gasteiger partial charge in [-0.2, -0.15) is 0 Å². The molecule has 8 nitrogen and oxygen atoms in total. The Hall–Kier alpha value is -2.19. The number of nitrogens with zero attached hydrogens (tertiary/aromatic N) is 1. The zero-order chi connectivity index (χ0) is 22.5. The first kappa shape index (κ1) is 25.1. The zero-order valence-electron chi connectivity index (χ0n) is 18.8. The number of aromatic amines is 1. The van der Waals surface area contributed by atoms with Gasteiger partial charge in [-0.1, -0.05) is 51.0 Å². The molecule has 2 rings (SSSR count). The summed E-state index contributed by atoms with van der Waals surface area (Å²) >= 11 is 0. The first-order valence-corrected chi connectivity index (χ1v) is 11.3. The number of aromatic nitrogens is 2. The van der Waals surface area contributed by atoms with Crippen LogP contribution in [0.25, 0.3) is 0 Å². The second-order valence-corrected chi connectivity index (χ2v) is 8.04. The Bertz CT molecular complexity index is 813. The van der Waals surface area contributed by atoms with Crippen LogP contribution in [0.3, 0.4) is 0 Å². The minimum atomic E-state index is -0.619. The molecule has 0 spiro atoms. The number of methoxy groups -OCH3 is 1. The van der Waals surface area contributed by atoms with Gasteiger partial charge in [0.2, 0.25) is 0 Å². The van der Waals surface area contributed by atoms with Gasteiger partial charge in [-0.3, -0.25) is 19.1 Å². The first-order valence-electron chi connectivity index (χ1n) is 11.3. The number of esters is 1. The molecule has 2 heterocycles. The van der Waals surface area contributed by atoms with Crippen molar-refractivity contribution in [2.24, 2.45) is 0 Å². The molecule has 1 aromatic rings. The van der Waals surface area contributed by atoms with Gasteiger partial charge in [0.25, 0.3) is 5.56 Å². The second kappa shape index (κ2) is 14.0. The normalized spacial score (nSPS) is 17.9. The van der Waals surface area contributed by atoms with E-state index in [0.717, 1.165) is 32.3 Å². The summed E-state index contributed by atoms with van der Waals surface area (Å²) < 4.78 is 17.4. The smallest absolute Gasteiger partial charge is 0.330 e. The van der Waals surface area contributed by atoms with Crippen molar-refractivity contribution in [3.8, 4) is 0 Å². The average molecular weight is 437 g/mol. The third-order valence-electron chi connectivity index (χ3n) is 5.36. The van der Waals surface area contributed by atoms with Crippen LogP contribution in [0.4, 0.5) is 0 Å². The first-order chi connectivity index (χ1) is 15.0. The molecule has 0 aliphatic carbocycles. The molecular formula is C23H36N2O6. The lowest BCUT2D eigenvalue weighted by Gasteiger charge is -2.16. The van der Waals surface area contributed by atoms with Crippen LogP contribution in [0.5, 0.6) is 0 Å². The summed E-state index contributed by atoms with van der Waals surface area (Å²) in [6, 6.07) is 0. The number of nitrogens with one attached hydrogen (secondary N) is 1. The highest BCUT2D eigenvalue weighted by Crippen LogP contribution is 2.20. The maximum Gasteiger partial charge on any atom is 0.330 e. The summed E-state index contributed by atoms with van der Waals surface area (Å²) in [6.45, 7) is 2.60. The monoisotopic (exact) mass is 436 g/mol. The van der Waals surface area contributed by atoms with Gasteiger partial charge in [0, 0.05) is 31.9 Å². The molecule has 0 bridgehead atoms. The van der Waals surface area contributed by atoms with Gasteiger partial charge >= 0.3 is 11.7 Å². The van der Waals surface area contributed by atoms with Crippen LogP contribution in [0.15, 0.2) is 27.9 Å². The zero-order valence-corrected chi connectivity index (χ0v) is 18.8. The number of hydrogen-bond acceptors (Lipinski definition) is 6. The Balaban J connectivity index is 1.52. The molecule has 1 aromatic heterocycles. The van der Waals surface area contributed by atoms with Crippen molar-refractivity contribution in [1.82, 2.24) is 9.55 Å². The summed E-state index contributed by atoms with van der Waals surface area (Å²) in [6.07, 6.45) is 14.7. The van der Waals surface area contributed by atoms with Gasteiger partial charge in [-0.15, -0.1) is 0 Å². The van der Waals surface area contributed by atoms with Crippen molar-refractivity contribution in [1.29, 1.82) is 0 Å². The third-order valence-corrected chi connectivity index (χ3v) is 5.36. The highest BCUT2D eigenvalue weighted by molar-refractivity contribution is 5.69. The lowest BCUT2D eigenvalue weighted by atomic mass is 10.1. The molecule has 0 radical (unpaired) electrons. The fourth-order valence-electron chi connectivity index (χ4n) is 3.52. The van der Waals surface area contributed by atoms with E-state index in [-0.39, 0.29) is 12.6 Å². The summed E-state index contributed by atoms with van der Waals surface area (Å²) in [5, 5.41) is 0. The van der Waals surface area contributed by atoms with E-state index in [9.17, 15) is 14.4 Å². The Morgan fingerprint density at radius 1 is 1.03 bits per heavy atom. The highest BCUT2D eigenvalue weighted by Gasteiger charge is 2.23. The van der Waals surface area contributed by atoms with Crippen molar-refractivity contribution < 1.29 is 19.0 Å². The number of unbranched alkanes of at least 4 members (excludes halogenated alkanes) is 8. The molecule has 1 aliphatic rings. The third kappa shape index (κ3) is 9.23. The molecule has 174 valence electrons. The number of H-pyrrole nitrogens is 1. The Kier molecular flexibility index (Phi) is 11.3. The predicted molar refractivity (Wildman–Crippen MR) is 118 cm³/mol. The van der Waals surface area contributed by atoms with Crippen LogP contribution in [0, 0.1) is 6.92 Å². The molecule has 0 fully saturated rings. The van der Waals surface area contributed by atoms with Gasteiger partial charge in [0.1, 0.15) is 12.7 Å². The molecule has 0 saturated heterocycles. The molecule has 31 heavy (non-hydrogen) atoms. The topological polar surface area (TPSA) is 99.6 Å². The minimum Gasteiger partial charge on any atom is -0.463 e. The van der Waals surface area contributed by atoms with Crippen molar-refractivity contribution in [3.05, 3.63) is 44.8 Å². The lowest BCUT2D eigenvalue weighted by Crippen LogP contribution is -2.33. The number of hydrogen-bond donors (Lipinski definition) is 1. The fraction of sp³-hybridized carbons (Fsp3) is 0.696. The maximum atomic E-state index is 11.9. The van der Waals surface area contributed by atoms with E-state index in [0.29, 0.717) is 12.0 Å². The van der Waals surface area contributed by atoms with E-state index < -0.39 is 23.6 Å². The number of carbonyl (C=O) groups is 1. The Morgan fingerprint density at radius 2 is 1.68 bits per heavy atom. The summed E-state index contributed by atoms with van der Waals surface area (Å²) in [5.74, 6) is -0.226. The van der Waals surface area contributed by atoms with Crippen LogP contribution >= 0.6 is 0 Å². The van der Waals surface area contributed by atoms with Crippen molar-refractivity contribution in [2.45, 2.75) is 83.5 Å². The molecule has 2 atom stereocenters. The van der Waals surface area contributed by atoms with Crippen LogP contribution in [-0.2, 0) is 19.0 Å². The van der Waals surface area contributed by atoms with Crippen LogP contribution in [0.1, 0.15) is 76.0 Å². The number of rotatable bonds is 15. The molecule has 0 unspecified atom stereocenters. The van der Waals surface area contributed by atoms with Gasteiger partial charge in [-0.05, 0) is 25.8 Å². The fourth-order valence-corrected chi connectivity index (χ4v) is 3.52. The van der Waals surface area contributed by atoms with E-state index in [2.05, 4.69) is 4.98 Å². The van der Waals surface area contributed by atoms with Gasteiger partial charge in [0.15, 0.2) is 6.23 Å². The van der Waals surface area contributed by atoms with Gasteiger partial charge in [0.05, 0.1) is 0 Å². The number of aryl methyl sites for hydroxylation is 1. The van der Waals surface area contributed by atoms with Gasteiger partial charge < -0.3 is 14.2 Å². The highest BCUT2D eigenvalue weighted by atomic mass is 16.6. The number of ether oxygens (including phenoxy) is 3. The molecular weight excluding hydrogens is 400 g/mol. The minimum absolute atomic E-state index is 0.117. The Morgan fingerprint density at radius 3 is 2.35 bits per heavy atom. The van der Waals surface area contributed by atoms with E-state index in [1.54, 1.807) is 26.2 Å². The predicted octanol–water partition coefficient (Wildman–Crippen LogP) is 3.39. The van der Waals surface area contributed by atoms with E-state index in [1.807, 2.05) is 0 Å². The summed E-state index contributed by atoms with van der Waals surface area (Å²) in [7, 11) is 1.74. The lowest BCUT2D eigenvalue weighted by molar-refractivity contribution is -0.147. The standard InChI is InChI=1S/C23H36N2O6/c1-18-16-25(23(28)24-22(18)27)20-14-13-19(31-20)17-30-21(26)12-10-8-6-4-3-5-7-9-11-15-29-2/h13-14,16,19-20H,3-12,15,17H2,1-2H3,(H,24,27,28)/t19-,20+/m0/s1. The van der Waals surface area contributed by atoms with Crippen molar-refractivity contribution in [2.75, 3.05) is 20.3 Å². The van der Waals surface area contributed by atoms with Crippen LogP contribution < -0.4 is 11.2 Å². The quantitative estimate of drug-likeness (QED) is 0.257. The Labute approximate surface area is 183 Å². The molecule has 1 N–H and O–H groups in total. The largest absolute Gasteiger partial charge is 0.463 e. The van der Waals surface area contributed by atoms with Gasteiger partial charge in [-0.25, -0.2) is 4.79 Å².